The molecule has 0 radical (unpaired) electrons. The molecule has 1 aliphatic rings. The number of amides is 1. The maximum atomic E-state index is 12.7. The number of nitrogens with zero attached hydrogens (tertiary/aromatic N) is 1. The summed E-state index contributed by atoms with van der Waals surface area (Å²) in [7, 11) is 1.92. The van der Waals surface area contributed by atoms with Crippen molar-refractivity contribution in [1.82, 2.24) is 10.2 Å². The Morgan fingerprint density at radius 2 is 1.95 bits per heavy atom. The molecule has 0 saturated carbocycles. The molecule has 1 aromatic carbocycles. The van der Waals surface area contributed by atoms with Crippen LogP contribution < -0.4 is 5.32 Å². The van der Waals surface area contributed by atoms with Gasteiger partial charge in [-0.25, -0.2) is 0 Å². The van der Waals surface area contributed by atoms with Crippen LogP contribution in [-0.2, 0) is 10.2 Å². The summed E-state index contributed by atoms with van der Waals surface area (Å²) in [5.74, 6) is 0.184. The lowest BCUT2D eigenvalue weighted by molar-refractivity contribution is -0.136. The maximum Gasteiger partial charge on any atom is 0.232 e. The molecule has 0 aliphatic carbocycles. The summed E-state index contributed by atoms with van der Waals surface area (Å²) in [6, 6.07) is 8.33. The molecule has 1 saturated heterocycles. The summed E-state index contributed by atoms with van der Waals surface area (Å²) in [6.07, 6.45) is 1.04. The number of halogens is 2. The fourth-order valence-corrected chi connectivity index (χ4v) is 2.83. The van der Waals surface area contributed by atoms with Gasteiger partial charge in [0.05, 0.1) is 5.41 Å². The first-order valence-corrected chi connectivity index (χ1v) is 7.46. The van der Waals surface area contributed by atoms with Crippen LogP contribution in [0.2, 0.25) is 0 Å². The first-order valence-electron chi connectivity index (χ1n) is 6.67. The van der Waals surface area contributed by atoms with E-state index in [0.29, 0.717) is 6.04 Å². The molecule has 1 atom stereocenters. The van der Waals surface area contributed by atoms with Crippen LogP contribution in [0.1, 0.15) is 25.8 Å². The minimum atomic E-state index is -0.488. The molecule has 5 heteroatoms. The van der Waals surface area contributed by atoms with E-state index in [1.54, 1.807) is 0 Å². The molecule has 1 aliphatic heterocycles. The number of hydrogen-bond acceptors (Lipinski definition) is 2. The van der Waals surface area contributed by atoms with Crippen molar-refractivity contribution in [1.29, 1.82) is 0 Å². The minimum absolute atomic E-state index is 0. The molecule has 0 spiro atoms. The molecule has 1 N–H and O–H groups in total. The zero-order valence-corrected chi connectivity index (χ0v) is 14.6. The molecule has 20 heavy (non-hydrogen) atoms. The second-order valence-corrected chi connectivity index (χ2v) is 6.61. The molecule has 1 unspecified atom stereocenters. The molecule has 1 fully saturated rings. The summed E-state index contributed by atoms with van der Waals surface area (Å²) < 4.78 is 1.04. The molecule has 1 aromatic rings. The molecule has 0 bridgehead atoms. The van der Waals surface area contributed by atoms with E-state index < -0.39 is 5.41 Å². The standard InChI is InChI=1S/C15H21BrN2O.ClH/c1-15(2,11-4-6-12(16)7-5-11)14(19)18(3)13-8-9-17-10-13;/h4-7,13,17H,8-10H2,1-3H3;1H. The molecule has 2 rings (SSSR count). The van der Waals surface area contributed by atoms with Gasteiger partial charge in [-0.3, -0.25) is 4.79 Å². The fraction of sp³-hybridized carbons (Fsp3) is 0.533. The van der Waals surface area contributed by atoms with E-state index in [1.165, 1.54) is 0 Å². The van der Waals surface area contributed by atoms with Gasteiger partial charge >= 0.3 is 0 Å². The Hall–Kier alpha value is -0.580. The van der Waals surface area contributed by atoms with Crippen LogP contribution in [0.4, 0.5) is 0 Å². The normalized spacial score (nSPS) is 18.5. The van der Waals surface area contributed by atoms with Gasteiger partial charge in [-0.1, -0.05) is 28.1 Å². The van der Waals surface area contributed by atoms with Crippen LogP contribution in [0.25, 0.3) is 0 Å². The Morgan fingerprint density at radius 3 is 2.45 bits per heavy atom. The lowest BCUT2D eigenvalue weighted by atomic mass is 9.83. The Labute approximate surface area is 135 Å². The zero-order valence-electron chi connectivity index (χ0n) is 12.1. The van der Waals surface area contributed by atoms with Crippen LogP contribution in [0.3, 0.4) is 0 Å². The van der Waals surface area contributed by atoms with Crippen molar-refractivity contribution < 1.29 is 4.79 Å². The van der Waals surface area contributed by atoms with Crippen LogP contribution in [0.5, 0.6) is 0 Å². The third kappa shape index (κ3) is 3.54. The van der Waals surface area contributed by atoms with Crippen LogP contribution >= 0.6 is 28.3 Å². The summed E-state index contributed by atoms with van der Waals surface area (Å²) in [6.45, 7) is 5.90. The summed E-state index contributed by atoms with van der Waals surface area (Å²) >= 11 is 3.43. The van der Waals surface area contributed by atoms with Crippen molar-refractivity contribution in [3.05, 3.63) is 34.3 Å². The highest BCUT2D eigenvalue weighted by molar-refractivity contribution is 9.10. The highest BCUT2D eigenvalue weighted by Gasteiger charge is 2.35. The number of nitrogens with one attached hydrogen (secondary N) is 1. The lowest BCUT2D eigenvalue weighted by Gasteiger charge is -2.33. The Morgan fingerprint density at radius 1 is 1.35 bits per heavy atom. The van der Waals surface area contributed by atoms with Gasteiger partial charge in [-0.15, -0.1) is 12.4 Å². The first-order chi connectivity index (χ1) is 8.93. The van der Waals surface area contributed by atoms with Crippen LogP contribution in [0, 0.1) is 0 Å². The molecule has 3 nitrogen and oxygen atoms in total. The van der Waals surface area contributed by atoms with Crippen molar-refractivity contribution in [3.63, 3.8) is 0 Å². The smallest absolute Gasteiger partial charge is 0.232 e. The first kappa shape index (κ1) is 17.5. The summed E-state index contributed by atoms with van der Waals surface area (Å²) in [4.78, 5) is 14.6. The third-order valence-corrected chi connectivity index (χ3v) is 4.53. The van der Waals surface area contributed by atoms with Gasteiger partial charge < -0.3 is 10.2 Å². The van der Waals surface area contributed by atoms with Gasteiger partial charge in [0.2, 0.25) is 5.91 Å². The van der Waals surface area contributed by atoms with Crippen molar-refractivity contribution in [3.8, 4) is 0 Å². The molecule has 112 valence electrons. The number of carbonyl (C=O) groups is 1. The summed E-state index contributed by atoms with van der Waals surface area (Å²) in [5, 5.41) is 3.31. The Kier molecular flexibility index (Phi) is 6.05. The van der Waals surface area contributed by atoms with Crippen LogP contribution in [0.15, 0.2) is 28.7 Å². The van der Waals surface area contributed by atoms with E-state index in [4.69, 9.17) is 0 Å². The predicted octanol–water partition coefficient (Wildman–Crippen LogP) is 2.97. The van der Waals surface area contributed by atoms with E-state index >= 15 is 0 Å². The van der Waals surface area contributed by atoms with Gasteiger partial charge in [0, 0.05) is 24.1 Å². The second-order valence-electron chi connectivity index (χ2n) is 5.69. The van der Waals surface area contributed by atoms with Crippen molar-refractivity contribution in [2.24, 2.45) is 0 Å². The number of hydrogen-bond donors (Lipinski definition) is 1. The number of benzene rings is 1. The minimum Gasteiger partial charge on any atom is -0.341 e. The van der Waals surface area contributed by atoms with Gasteiger partial charge in [0.25, 0.3) is 0 Å². The van der Waals surface area contributed by atoms with Crippen molar-refractivity contribution >= 4 is 34.2 Å². The van der Waals surface area contributed by atoms with Gasteiger partial charge in [-0.05, 0) is 44.5 Å². The van der Waals surface area contributed by atoms with E-state index in [2.05, 4.69) is 21.2 Å². The molecular formula is C15H22BrClN2O. The van der Waals surface area contributed by atoms with Gasteiger partial charge in [0.15, 0.2) is 0 Å². The van der Waals surface area contributed by atoms with E-state index in [0.717, 1.165) is 29.5 Å². The van der Waals surface area contributed by atoms with E-state index in [9.17, 15) is 4.79 Å². The second kappa shape index (κ2) is 6.92. The monoisotopic (exact) mass is 360 g/mol. The SMILES string of the molecule is CN(C(=O)C(C)(C)c1ccc(Br)cc1)C1CCNC1.Cl. The molecule has 1 amide bonds. The average molecular weight is 362 g/mol. The Bertz CT molecular complexity index is 455. The van der Waals surface area contributed by atoms with Gasteiger partial charge in [-0.2, -0.15) is 0 Å². The fourth-order valence-electron chi connectivity index (χ4n) is 2.57. The van der Waals surface area contributed by atoms with Crippen molar-refractivity contribution in [2.75, 3.05) is 20.1 Å². The number of rotatable bonds is 3. The highest BCUT2D eigenvalue weighted by Crippen LogP contribution is 2.28. The number of carbonyl (C=O) groups excluding carboxylic acids is 1. The van der Waals surface area contributed by atoms with Crippen LogP contribution in [-0.4, -0.2) is 37.0 Å². The quantitative estimate of drug-likeness (QED) is 0.897. The molecule has 1 heterocycles. The van der Waals surface area contributed by atoms with Gasteiger partial charge in [0.1, 0.15) is 0 Å². The zero-order chi connectivity index (χ0) is 14.0. The largest absolute Gasteiger partial charge is 0.341 e. The molecule has 0 aromatic heterocycles. The topological polar surface area (TPSA) is 32.3 Å². The van der Waals surface area contributed by atoms with E-state index in [-0.39, 0.29) is 18.3 Å². The lowest BCUT2D eigenvalue weighted by Crippen LogP contribution is -2.47. The average Bonchev–Trinajstić information content (AvgIpc) is 2.91. The predicted molar refractivity (Wildman–Crippen MR) is 88.5 cm³/mol. The van der Waals surface area contributed by atoms with E-state index in [1.807, 2.05) is 50.1 Å². The highest BCUT2D eigenvalue weighted by atomic mass is 79.9. The number of likely N-dealkylation sites (N-methyl/N-ethyl adjacent to an activating group) is 1. The summed E-state index contributed by atoms with van der Waals surface area (Å²) in [5.41, 5.74) is 0.566. The Balaban J connectivity index is 0.00000200. The molecular weight excluding hydrogens is 340 g/mol. The third-order valence-electron chi connectivity index (χ3n) is 4.00. The van der Waals surface area contributed by atoms with Crippen molar-refractivity contribution in [2.45, 2.75) is 31.7 Å². The maximum absolute atomic E-state index is 12.7.